The van der Waals surface area contributed by atoms with Gasteiger partial charge in [-0.1, -0.05) is 0 Å². The lowest BCUT2D eigenvalue weighted by atomic mass is 10.1. The molecule has 16 heavy (non-hydrogen) atoms. The molecule has 1 aliphatic heterocycles. The molecule has 0 spiro atoms. The molecule has 1 saturated heterocycles. The second-order valence-corrected chi connectivity index (χ2v) is 5.61. The maximum Gasteiger partial charge on any atom is 0.239 e. The Kier molecular flexibility index (Phi) is 5.94. The van der Waals surface area contributed by atoms with E-state index >= 15 is 0 Å². The van der Waals surface area contributed by atoms with E-state index in [0.29, 0.717) is 37.6 Å². The topological polar surface area (TPSA) is 72.6 Å². The summed E-state index contributed by atoms with van der Waals surface area (Å²) >= 11 is 0. The van der Waals surface area contributed by atoms with Gasteiger partial charge in [-0.3, -0.25) is 9.00 Å². The van der Waals surface area contributed by atoms with Gasteiger partial charge >= 0.3 is 0 Å². The molecule has 1 fully saturated rings. The summed E-state index contributed by atoms with van der Waals surface area (Å²) in [5.74, 6) is 1.14. The summed E-state index contributed by atoms with van der Waals surface area (Å²) in [6.07, 6.45) is 1.44. The lowest BCUT2D eigenvalue weighted by molar-refractivity contribution is -0.132. The van der Waals surface area contributed by atoms with Gasteiger partial charge in [0.05, 0.1) is 6.04 Å². The van der Waals surface area contributed by atoms with E-state index in [1.807, 2.05) is 0 Å². The minimum atomic E-state index is -0.752. The van der Waals surface area contributed by atoms with Gasteiger partial charge in [-0.25, -0.2) is 0 Å². The molecule has 6 heteroatoms. The Morgan fingerprint density at radius 1 is 1.50 bits per heavy atom. The van der Waals surface area contributed by atoms with Crippen LogP contribution in [0, 0.1) is 0 Å². The third-order valence-electron chi connectivity index (χ3n) is 2.67. The number of nitrogens with zero attached hydrogens (tertiary/aromatic N) is 1. The van der Waals surface area contributed by atoms with Crippen molar-refractivity contribution < 1.29 is 13.7 Å². The van der Waals surface area contributed by atoms with Crippen molar-refractivity contribution in [3.63, 3.8) is 0 Å². The summed E-state index contributed by atoms with van der Waals surface area (Å²) in [5.41, 5.74) is 5.80. The minimum absolute atomic E-state index is 0.0206. The van der Waals surface area contributed by atoms with E-state index in [2.05, 4.69) is 0 Å². The molecular weight excluding hydrogens is 228 g/mol. The molecule has 1 heterocycles. The van der Waals surface area contributed by atoms with Crippen LogP contribution in [0.5, 0.6) is 0 Å². The van der Waals surface area contributed by atoms with Gasteiger partial charge in [-0.05, 0) is 12.8 Å². The molecule has 0 radical (unpaired) electrons. The molecule has 1 rings (SSSR count). The molecule has 0 saturated carbocycles. The number of carbonyl (C=O) groups is 1. The third-order valence-corrected chi connectivity index (χ3v) is 3.95. The second kappa shape index (κ2) is 6.98. The van der Waals surface area contributed by atoms with Crippen molar-refractivity contribution in [3.05, 3.63) is 0 Å². The van der Waals surface area contributed by atoms with Gasteiger partial charge in [0.25, 0.3) is 0 Å². The van der Waals surface area contributed by atoms with Crippen LogP contribution in [0.2, 0.25) is 0 Å². The van der Waals surface area contributed by atoms with Gasteiger partial charge in [0, 0.05) is 49.1 Å². The SMILES string of the molecule is COCCCC(N)C(=O)N1CCS(=O)CC1. The summed E-state index contributed by atoms with van der Waals surface area (Å²) in [4.78, 5) is 13.6. The molecule has 1 aliphatic rings. The Balaban J connectivity index is 2.29. The van der Waals surface area contributed by atoms with Gasteiger partial charge in [-0.2, -0.15) is 0 Å². The highest BCUT2D eigenvalue weighted by atomic mass is 32.2. The van der Waals surface area contributed by atoms with Gasteiger partial charge < -0.3 is 15.4 Å². The van der Waals surface area contributed by atoms with Crippen molar-refractivity contribution in [2.45, 2.75) is 18.9 Å². The molecule has 2 N–H and O–H groups in total. The Morgan fingerprint density at radius 2 is 2.12 bits per heavy atom. The van der Waals surface area contributed by atoms with Crippen LogP contribution in [-0.4, -0.2) is 59.4 Å². The van der Waals surface area contributed by atoms with Crippen LogP contribution >= 0.6 is 0 Å². The molecule has 1 unspecified atom stereocenters. The van der Waals surface area contributed by atoms with E-state index in [1.54, 1.807) is 12.0 Å². The maximum absolute atomic E-state index is 11.9. The van der Waals surface area contributed by atoms with Crippen LogP contribution in [0.25, 0.3) is 0 Å². The lowest BCUT2D eigenvalue weighted by Gasteiger charge is -2.28. The van der Waals surface area contributed by atoms with Crippen molar-refractivity contribution in [3.8, 4) is 0 Å². The summed E-state index contributed by atoms with van der Waals surface area (Å²) in [7, 11) is 0.880. The number of ether oxygens (including phenoxy) is 1. The number of carbonyl (C=O) groups excluding carboxylic acids is 1. The first-order valence-corrected chi connectivity index (χ1v) is 7.02. The number of rotatable bonds is 5. The van der Waals surface area contributed by atoms with Crippen LogP contribution in [0.15, 0.2) is 0 Å². The Hall–Kier alpha value is -0.460. The molecule has 0 aliphatic carbocycles. The van der Waals surface area contributed by atoms with Crippen LogP contribution in [0.3, 0.4) is 0 Å². The fraction of sp³-hybridized carbons (Fsp3) is 0.900. The zero-order valence-corrected chi connectivity index (χ0v) is 10.5. The van der Waals surface area contributed by atoms with E-state index in [-0.39, 0.29) is 5.91 Å². The third kappa shape index (κ3) is 4.19. The molecule has 5 nitrogen and oxygen atoms in total. The van der Waals surface area contributed by atoms with Crippen molar-refractivity contribution >= 4 is 16.7 Å². The summed E-state index contributed by atoms with van der Waals surface area (Å²) in [6.45, 7) is 1.78. The first kappa shape index (κ1) is 13.6. The first-order chi connectivity index (χ1) is 7.65. The van der Waals surface area contributed by atoms with Gasteiger partial charge in [0.15, 0.2) is 0 Å². The highest BCUT2D eigenvalue weighted by Gasteiger charge is 2.24. The number of amides is 1. The van der Waals surface area contributed by atoms with E-state index in [9.17, 15) is 9.00 Å². The quantitative estimate of drug-likeness (QED) is 0.655. The van der Waals surface area contributed by atoms with E-state index in [4.69, 9.17) is 10.5 Å². The average Bonchev–Trinajstić information content (AvgIpc) is 2.29. The van der Waals surface area contributed by atoms with Gasteiger partial charge in [0.1, 0.15) is 0 Å². The Bertz CT molecular complexity index is 250. The van der Waals surface area contributed by atoms with Crippen molar-refractivity contribution in [1.82, 2.24) is 4.90 Å². The summed E-state index contributed by atoms with van der Waals surface area (Å²) in [6, 6.07) is -0.443. The van der Waals surface area contributed by atoms with E-state index < -0.39 is 16.8 Å². The average molecular weight is 248 g/mol. The number of nitrogens with two attached hydrogens (primary N) is 1. The smallest absolute Gasteiger partial charge is 0.239 e. The van der Waals surface area contributed by atoms with E-state index in [0.717, 1.165) is 6.42 Å². The molecule has 0 bridgehead atoms. The molecular formula is C10H20N2O3S. The second-order valence-electron chi connectivity index (χ2n) is 3.91. The summed E-state index contributed by atoms with van der Waals surface area (Å²) in [5, 5.41) is 0. The standard InChI is InChI=1S/C10H20N2O3S/c1-15-6-2-3-9(11)10(13)12-4-7-16(14)8-5-12/h9H,2-8,11H2,1H3. The van der Waals surface area contributed by atoms with Gasteiger partial charge in [-0.15, -0.1) is 0 Å². The zero-order chi connectivity index (χ0) is 12.0. The van der Waals surface area contributed by atoms with Crippen molar-refractivity contribution in [2.24, 2.45) is 5.73 Å². The van der Waals surface area contributed by atoms with Crippen LogP contribution in [-0.2, 0) is 20.3 Å². The monoisotopic (exact) mass is 248 g/mol. The Morgan fingerprint density at radius 3 is 2.69 bits per heavy atom. The maximum atomic E-state index is 11.9. The van der Waals surface area contributed by atoms with Crippen LogP contribution < -0.4 is 5.73 Å². The highest BCUT2D eigenvalue weighted by molar-refractivity contribution is 7.85. The molecule has 1 atom stereocenters. The van der Waals surface area contributed by atoms with Crippen LogP contribution in [0.4, 0.5) is 0 Å². The molecule has 1 amide bonds. The molecule has 0 aromatic rings. The predicted molar refractivity (Wildman–Crippen MR) is 63.5 cm³/mol. The summed E-state index contributed by atoms with van der Waals surface area (Å²) < 4.78 is 16.0. The predicted octanol–water partition coefficient (Wildman–Crippen LogP) is -0.669. The number of hydrogen-bond donors (Lipinski definition) is 1. The molecule has 0 aromatic heterocycles. The number of methoxy groups -OCH3 is 1. The molecule has 0 aromatic carbocycles. The largest absolute Gasteiger partial charge is 0.385 e. The first-order valence-electron chi connectivity index (χ1n) is 5.53. The fourth-order valence-corrected chi connectivity index (χ4v) is 2.72. The fourth-order valence-electron chi connectivity index (χ4n) is 1.66. The number of hydrogen-bond acceptors (Lipinski definition) is 4. The lowest BCUT2D eigenvalue weighted by Crippen LogP contribution is -2.49. The van der Waals surface area contributed by atoms with Crippen LogP contribution in [0.1, 0.15) is 12.8 Å². The van der Waals surface area contributed by atoms with E-state index in [1.165, 1.54) is 0 Å². The normalized spacial score (nSPS) is 19.8. The Labute approximate surface area is 98.8 Å². The zero-order valence-electron chi connectivity index (χ0n) is 9.68. The van der Waals surface area contributed by atoms with Crippen molar-refractivity contribution in [2.75, 3.05) is 38.3 Å². The van der Waals surface area contributed by atoms with Gasteiger partial charge in [0.2, 0.25) is 5.91 Å². The minimum Gasteiger partial charge on any atom is -0.385 e. The molecule has 94 valence electrons. The van der Waals surface area contributed by atoms with Crippen molar-refractivity contribution in [1.29, 1.82) is 0 Å². The highest BCUT2D eigenvalue weighted by Crippen LogP contribution is 2.05.